The molecule has 30 heavy (non-hydrogen) atoms. The minimum absolute atomic E-state index is 0.0233. The van der Waals surface area contributed by atoms with Crippen LogP contribution in [0.5, 0.6) is 0 Å². The number of nitrogens with one attached hydrogen (secondary N) is 1. The van der Waals surface area contributed by atoms with Gasteiger partial charge in [0.25, 0.3) is 5.56 Å². The molecule has 3 aliphatic heterocycles. The summed E-state index contributed by atoms with van der Waals surface area (Å²) < 4.78 is 5.48. The maximum absolute atomic E-state index is 13.0. The zero-order valence-corrected chi connectivity index (χ0v) is 17.6. The minimum atomic E-state index is -0.0885. The van der Waals surface area contributed by atoms with Crippen molar-refractivity contribution >= 4 is 5.91 Å². The number of fused-ring (bicyclic) bond motifs is 1. The summed E-state index contributed by atoms with van der Waals surface area (Å²) in [6.07, 6.45) is 11.8. The van der Waals surface area contributed by atoms with E-state index < -0.39 is 0 Å². The number of hydrogen-bond donors (Lipinski definition) is 1. The van der Waals surface area contributed by atoms with Crippen molar-refractivity contribution in [3.63, 3.8) is 0 Å². The first kappa shape index (κ1) is 19.9. The standard InChI is InChI=1S/C23H32N4O3/c28-21(14-16-4-1-2-5-16)27-10-3-6-20(27)22-24-19-7-11-26(15-18(19)23(29)25-22)17-8-12-30-13-9-17/h1,4,16-17,20H,2-3,5-15H2,(H,24,25,29). The Bertz CT molecular complexity index is 874. The number of allylic oxidation sites excluding steroid dienone is 2. The first-order valence-electron chi connectivity index (χ1n) is 11.6. The number of carbonyl (C=O) groups is 1. The predicted molar refractivity (Wildman–Crippen MR) is 113 cm³/mol. The van der Waals surface area contributed by atoms with Gasteiger partial charge in [0.05, 0.1) is 17.3 Å². The Kier molecular flexibility index (Phi) is 5.74. The van der Waals surface area contributed by atoms with Gasteiger partial charge in [-0.3, -0.25) is 14.5 Å². The van der Waals surface area contributed by atoms with Gasteiger partial charge in [-0.05, 0) is 44.4 Å². The Hall–Kier alpha value is -1.99. The van der Waals surface area contributed by atoms with Crippen LogP contribution in [0.2, 0.25) is 0 Å². The molecule has 2 unspecified atom stereocenters. The Labute approximate surface area is 177 Å². The van der Waals surface area contributed by atoms with Crippen molar-refractivity contribution in [3.8, 4) is 0 Å². The Morgan fingerprint density at radius 3 is 2.87 bits per heavy atom. The molecule has 162 valence electrons. The molecule has 7 nitrogen and oxygen atoms in total. The van der Waals surface area contributed by atoms with Gasteiger partial charge in [-0.1, -0.05) is 12.2 Å². The van der Waals surface area contributed by atoms with Crippen molar-refractivity contribution in [2.24, 2.45) is 5.92 Å². The smallest absolute Gasteiger partial charge is 0.255 e. The Morgan fingerprint density at radius 2 is 2.07 bits per heavy atom. The first-order valence-corrected chi connectivity index (χ1v) is 11.6. The highest BCUT2D eigenvalue weighted by Gasteiger charge is 2.34. The van der Waals surface area contributed by atoms with Crippen molar-refractivity contribution in [1.82, 2.24) is 19.8 Å². The normalized spacial score (nSPS) is 27.5. The number of amides is 1. The molecular weight excluding hydrogens is 380 g/mol. The highest BCUT2D eigenvalue weighted by molar-refractivity contribution is 5.77. The van der Waals surface area contributed by atoms with E-state index in [4.69, 9.17) is 9.72 Å². The molecule has 5 rings (SSSR count). The lowest BCUT2D eigenvalue weighted by Crippen LogP contribution is -2.44. The van der Waals surface area contributed by atoms with Crippen molar-refractivity contribution in [3.05, 3.63) is 39.6 Å². The third-order valence-corrected chi connectivity index (χ3v) is 7.26. The molecule has 0 bridgehead atoms. The maximum Gasteiger partial charge on any atom is 0.255 e. The van der Waals surface area contributed by atoms with Crippen LogP contribution in [-0.2, 0) is 22.5 Å². The molecule has 1 aromatic heterocycles. The second-order valence-corrected chi connectivity index (χ2v) is 9.16. The Morgan fingerprint density at radius 1 is 1.20 bits per heavy atom. The van der Waals surface area contributed by atoms with Gasteiger partial charge in [0.2, 0.25) is 5.91 Å². The predicted octanol–water partition coefficient (Wildman–Crippen LogP) is 2.33. The molecule has 2 saturated heterocycles. The summed E-state index contributed by atoms with van der Waals surface area (Å²) in [5.41, 5.74) is 1.71. The van der Waals surface area contributed by atoms with E-state index in [2.05, 4.69) is 22.0 Å². The van der Waals surface area contributed by atoms with E-state index in [-0.39, 0.29) is 17.5 Å². The van der Waals surface area contributed by atoms with E-state index in [0.717, 1.165) is 82.5 Å². The molecular formula is C23H32N4O3. The molecule has 1 N–H and O–H groups in total. The second-order valence-electron chi connectivity index (χ2n) is 9.16. The van der Waals surface area contributed by atoms with Crippen LogP contribution in [0, 0.1) is 5.92 Å². The average molecular weight is 413 g/mol. The summed E-state index contributed by atoms with van der Waals surface area (Å²) in [7, 11) is 0. The number of ether oxygens (including phenoxy) is 1. The highest BCUT2D eigenvalue weighted by Crippen LogP contribution is 2.32. The zero-order chi connectivity index (χ0) is 20.5. The molecule has 4 aliphatic rings. The highest BCUT2D eigenvalue weighted by atomic mass is 16.5. The van der Waals surface area contributed by atoms with Gasteiger partial charge in [0.15, 0.2) is 0 Å². The summed E-state index contributed by atoms with van der Waals surface area (Å²) in [6, 6.07) is 0.410. The number of hydrogen-bond acceptors (Lipinski definition) is 5. The molecule has 0 aromatic carbocycles. The van der Waals surface area contributed by atoms with Crippen LogP contribution >= 0.6 is 0 Å². The topological polar surface area (TPSA) is 78.5 Å². The quantitative estimate of drug-likeness (QED) is 0.768. The fraction of sp³-hybridized carbons (Fsp3) is 0.696. The number of aromatic amines is 1. The number of likely N-dealkylation sites (tertiary alicyclic amines) is 1. The van der Waals surface area contributed by atoms with Gasteiger partial charge in [0.1, 0.15) is 5.82 Å². The summed E-state index contributed by atoms with van der Waals surface area (Å²) in [5, 5.41) is 0. The lowest BCUT2D eigenvalue weighted by atomic mass is 10.0. The maximum atomic E-state index is 13.0. The fourth-order valence-electron chi connectivity index (χ4n) is 5.54. The van der Waals surface area contributed by atoms with Crippen LogP contribution in [0.4, 0.5) is 0 Å². The molecule has 2 fully saturated rings. The second kappa shape index (κ2) is 8.63. The van der Waals surface area contributed by atoms with E-state index in [1.165, 1.54) is 0 Å². The van der Waals surface area contributed by atoms with Crippen LogP contribution < -0.4 is 5.56 Å². The lowest BCUT2D eigenvalue weighted by Gasteiger charge is -2.37. The molecule has 4 heterocycles. The monoisotopic (exact) mass is 412 g/mol. The molecule has 1 aliphatic carbocycles. The minimum Gasteiger partial charge on any atom is -0.381 e. The molecule has 0 spiro atoms. The third kappa shape index (κ3) is 3.97. The fourth-order valence-corrected chi connectivity index (χ4v) is 5.54. The first-order chi connectivity index (χ1) is 14.7. The molecule has 1 amide bonds. The lowest BCUT2D eigenvalue weighted by molar-refractivity contribution is -0.133. The number of nitrogens with zero attached hydrogens (tertiary/aromatic N) is 3. The number of carbonyl (C=O) groups excluding carboxylic acids is 1. The van der Waals surface area contributed by atoms with Gasteiger partial charge in [-0.2, -0.15) is 0 Å². The van der Waals surface area contributed by atoms with Crippen molar-refractivity contribution in [2.75, 3.05) is 26.3 Å². The number of rotatable bonds is 4. The third-order valence-electron chi connectivity index (χ3n) is 7.26. The zero-order valence-electron chi connectivity index (χ0n) is 17.6. The van der Waals surface area contributed by atoms with Gasteiger partial charge >= 0.3 is 0 Å². The molecule has 2 atom stereocenters. The van der Waals surface area contributed by atoms with E-state index in [0.29, 0.717) is 30.7 Å². The molecule has 0 radical (unpaired) electrons. The van der Waals surface area contributed by atoms with E-state index in [1.54, 1.807) is 0 Å². The van der Waals surface area contributed by atoms with Crippen molar-refractivity contribution < 1.29 is 9.53 Å². The molecule has 7 heteroatoms. The van der Waals surface area contributed by atoms with Crippen LogP contribution in [0.15, 0.2) is 16.9 Å². The van der Waals surface area contributed by atoms with E-state index in [1.807, 2.05) is 4.90 Å². The average Bonchev–Trinajstić information content (AvgIpc) is 3.46. The summed E-state index contributed by atoms with van der Waals surface area (Å²) in [5.74, 6) is 1.25. The summed E-state index contributed by atoms with van der Waals surface area (Å²) >= 11 is 0. The molecule has 0 saturated carbocycles. The summed E-state index contributed by atoms with van der Waals surface area (Å²) in [6.45, 7) is 3.99. The van der Waals surface area contributed by atoms with Crippen molar-refractivity contribution in [2.45, 2.75) is 70.0 Å². The van der Waals surface area contributed by atoms with E-state index in [9.17, 15) is 9.59 Å². The SMILES string of the molecule is O=C(CC1C=CCC1)N1CCCC1c1nc2c(c(=O)[nH]1)CN(C1CCOCC1)CC2. The van der Waals surface area contributed by atoms with Gasteiger partial charge in [0, 0.05) is 51.7 Å². The number of H-pyrrole nitrogens is 1. The van der Waals surface area contributed by atoms with Crippen molar-refractivity contribution in [1.29, 1.82) is 0 Å². The van der Waals surface area contributed by atoms with Crippen LogP contribution in [-0.4, -0.2) is 58.0 Å². The molecule has 1 aromatic rings. The van der Waals surface area contributed by atoms with Gasteiger partial charge < -0.3 is 14.6 Å². The summed E-state index contributed by atoms with van der Waals surface area (Å²) in [4.78, 5) is 38.2. The number of aromatic nitrogens is 2. The van der Waals surface area contributed by atoms with Gasteiger partial charge in [-0.25, -0.2) is 4.98 Å². The van der Waals surface area contributed by atoms with E-state index >= 15 is 0 Å². The van der Waals surface area contributed by atoms with Crippen LogP contribution in [0.3, 0.4) is 0 Å². The largest absolute Gasteiger partial charge is 0.381 e. The van der Waals surface area contributed by atoms with Crippen LogP contribution in [0.25, 0.3) is 0 Å². The Balaban J connectivity index is 1.32. The van der Waals surface area contributed by atoms with Crippen LogP contribution in [0.1, 0.15) is 68.1 Å². The van der Waals surface area contributed by atoms with Gasteiger partial charge in [-0.15, -0.1) is 0 Å².